The summed E-state index contributed by atoms with van der Waals surface area (Å²) in [6, 6.07) is 8.89. The SMILES string of the molecule is CCOCCCNc1nc2ccccn2c(=O)c1/C=C1/SC(=S)N(Cc2ccco2)C1=O. The molecule has 0 radical (unpaired) electrons. The van der Waals surface area contributed by atoms with E-state index in [1.807, 2.05) is 13.0 Å². The molecule has 0 aromatic carbocycles. The van der Waals surface area contributed by atoms with Crippen molar-refractivity contribution in [3.63, 3.8) is 0 Å². The van der Waals surface area contributed by atoms with Gasteiger partial charge in [-0.2, -0.15) is 0 Å². The van der Waals surface area contributed by atoms with Crippen molar-refractivity contribution in [1.29, 1.82) is 0 Å². The van der Waals surface area contributed by atoms with E-state index in [1.54, 1.807) is 42.8 Å². The highest BCUT2D eigenvalue weighted by Crippen LogP contribution is 2.34. The van der Waals surface area contributed by atoms with Crippen molar-refractivity contribution >= 4 is 51.7 Å². The average Bonchev–Trinajstić information content (AvgIpc) is 3.40. The zero-order valence-electron chi connectivity index (χ0n) is 17.4. The van der Waals surface area contributed by atoms with Crippen LogP contribution in [0.3, 0.4) is 0 Å². The Morgan fingerprint density at radius 1 is 1.28 bits per heavy atom. The molecule has 1 saturated heterocycles. The van der Waals surface area contributed by atoms with E-state index in [0.29, 0.717) is 51.8 Å². The highest BCUT2D eigenvalue weighted by atomic mass is 32.2. The third kappa shape index (κ3) is 4.77. The van der Waals surface area contributed by atoms with Crippen molar-refractivity contribution in [2.45, 2.75) is 19.9 Å². The number of nitrogens with one attached hydrogen (secondary N) is 1. The maximum Gasteiger partial charge on any atom is 0.267 e. The summed E-state index contributed by atoms with van der Waals surface area (Å²) in [6.45, 7) is 4.03. The highest BCUT2D eigenvalue weighted by molar-refractivity contribution is 8.26. The van der Waals surface area contributed by atoms with E-state index in [9.17, 15) is 9.59 Å². The molecule has 4 rings (SSSR count). The van der Waals surface area contributed by atoms with Gasteiger partial charge in [0.05, 0.1) is 23.3 Å². The molecule has 0 unspecified atom stereocenters. The lowest BCUT2D eigenvalue weighted by molar-refractivity contribution is -0.122. The third-order valence-electron chi connectivity index (χ3n) is 4.77. The average molecular weight is 471 g/mol. The molecule has 166 valence electrons. The number of thioether (sulfide) groups is 1. The number of aromatic nitrogens is 2. The van der Waals surface area contributed by atoms with Crippen LogP contribution in [0.4, 0.5) is 5.82 Å². The zero-order chi connectivity index (χ0) is 22.5. The number of carbonyl (C=O) groups excluding carboxylic acids is 1. The molecule has 1 aliphatic heterocycles. The summed E-state index contributed by atoms with van der Waals surface area (Å²) >= 11 is 6.55. The maximum absolute atomic E-state index is 13.2. The molecule has 0 atom stereocenters. The Bertz CT molecular complexity index is 1220. The first-order chi connectivity index (χ1) is 15.6. The van der Waals surface area contributed by atoms with Gasteiger partial charge in [-0.3, -0.25) is 18.9 Å². The molecule has 8 nitrogen and oxygen atoms in total. The second-order valence-electron chi connectivity index (χ2n) is 6.93. The number of fused-ring (bicyclic) bond motifs is 1. The number of rotatable bonds is 9. The van der Waals surface area contributed by atoms with Gasteiger partial charge < -0.3 is 14.5 Å². The van der Waals surface area contributed by atoms with E-state index in [4.69, 9.17) is 21.4 Å². The van der Waals surface area contributed by atoms with Crippen molar-refractivity contribution in [3.8, 4) is 0 Å². The van der Waals surface area contributed by atoms with Gasteiger partial charge in [0.2, 0.25) is 0 Å². The van der Waals surface area contributed by atoms with E-state index in [-0.39, 0.29) is 18.0 Å². The lowest BCUT2D eigenvalue weighted by Gasteiger charge is -2.12. The minimum atomic E-state index is -0.267. The first kappa shape index (κ1) is 22.3. The molecule has 4 heterocycles. The molecular weight excluding hydrogens is 448 g/mol. The first-order valence-electron chi connectivity index (χ1n) is 10.2. The van der Waals surface area contributed by atoms with Crippen LogP contribution >= 0.6 is 24.0 Å². The Balaban J connectivity index is 1.66. The van der Waals surface area contributed by atoms with Gasteiger partial charge in [0.25, 0.3) is 11.5 Å². The van der Waals surface area contributed by atoms with Gasteiger partial charge in [0.1, 0.15) is 21.5 Å². The largest absolute Gasteiger partial charge is 0.467 e. The fraction of sp³-hybridized carbons (Fsp3) is 0.273. The van der Waals surface area contributed by atoms with Gasteiger partial charge in [-0.25, -0.2) is 4.98 Å². The number of thiocarbonyl (C=S) groups is 1. The lowest BCUT2D eigenvalue weighted by Crippen LogP contribution is -2.27. The number of nitrogens with zero attached hydrogens (tertiary/aromatic N) is 3. The Morgan fingerprint density at radius 2 is 2.16 bits per heavy atom. The summed E-state index contributed by atoms with van der Waals surface area (Å²) < 4.78 is 12.6. The van der Waals surface area contributed by atoms with Crippen LogP contribution in [0.5, 0.6) is 0 Å². The molecule has 32 heavy (non-hydrogen) atoms. The van der Waals surface area contributed by atoms with Crippen LogP contribution in [-0.4, -0.2) is 44.3 Å². The summed E-state index contributed by atoms with van der Waals surface area (Å²) in [5.74, 6) is 0.789. The number of hydrogen-bond acceptors (Lipinski definition) is 8. The summed E-state index contributed by atoms with van der Waals surface area (Å²) in [7, 11) is 0. The molecule has 1 N–H and O–H groups in total. The van der Waals surface area contributed by atoms with E-state index < -0.39 is 0 Å². The van der Waals surface area contributed by atoms with Crippen LogP contribution in [-0.2, 0) is 16.1 Å². The number of carbonyl (C=O) groups is 1. The highest BCUT2D eigenvalue weighted by Gasteiger charge is 2.33. The molecule has 3 aromatic heterocycles. The van der Waals surface area contributed by atoms with Crippen LogP contribution in [0, 0.1) is 0 Å². The molecule has 0 bridgehead atoms. The Kier molecular flexibility index (Phi) is 7.03. The minimum absolute atomic E-state index is 0.243. The molecule has 0 saturated carbocycles. The molecule has 3 aromatic rings. The summed E-state index contributed by atoms with van der Waals surface area (Å²) in [4.78, 5) is 32.7. The number of anilines is 1. The van der Waals surface area contributed by atoms with E-state index >= 15 is 0 Å². The second-order valence-corrected chi connectivity index (χ2v) is 8.61. The predicted octanol–water partition coefficient (Wildman–Crippen LogP) is 3.53. The van der Waals surface area contributed by atoms with Gasteiger partial charge in [-0.05, 0) is 43.7 Å². The van der Waals surface area contributed by atoms with Crippen LogP contribution in [0.25, 0.3) is 11.7 Å². The zero-order valence-corrected chi connectivity index (χ0v) is 19.1. The van der Waals surface area contributed by atoms with Gasteiger partial charge in [-0.15, -0.1) is 0 Å². The number of ether oxygens (including phenoxy) is 1. The van der Waals surface area contributed by atoms with Gasteiger partial charge in [0.15, 0.2) is 0 Å². The van der Waals surface area contributed by atoms with Crippen LogP contribution in [0.1, 0.15) is 24.7 Å². The van der Waals surface area contributed by atoms with Crippen molar-refractivity contribution in [2.75, 3.05) is 25.1 Å². The second kappa shape index (κ2) is 10.1. The minimum Gasteiger partial charge on any atom is -0.467 e. The normalized spacial score (nSPS) is 15.3. The fourth-order valence-electron chi connectivity index (χ4n) is 3.22. The van der Waals surface area contributed by atoms with Crippen molar-refractivity contribution in [1.82, 2.24) is 14.3 Å². The predicted molar refractivity (Wildman–Crippen MR) is 128 cm³/mol. The monoisotopic (exact) mass is 470 g/mol. The number of amides is 1. The van der Waals surface area contributed by atoms with Crippen molar-refractivity contribution in [3.05, 3.63) is 69.4 Å². The van der Waals surface area contributed by atoms with Crippen molar-refractivity contribution in [2.24, 2.45) is 0 Å². The molecule has 1 aliphatic rings. The maximum atomic E-state index is 13.2. The Hall–Kier alpha value is -2.95. The molecule has 0 aliphatic carbocycles. The topological polar surface area (TPSA) is 89.1 Å². The van der Waals surface area contributed by atoms with Gasteiger partial charge in [0, 0.05) is 26.0 Å². The van der Waals surface area contributed by atoms with Gasteiger partial charge in [-0.1, -0.05) is 30.0 Å². The van der Waals surface area contributed by atoms with Crippen molar-refractivity contribution < 1.29 is 13.9 Å². The van der Waals surface area contributed by atoms with Crippen LogP contribution in [0.15, 0.2) is 56.9 Å². The lowest BCUT2D eigenvalue weighted by atomic mass is 10.2. The smallest absolute Gasteiger partial charge is 0.267 e. The Morgan fingerprint density at radius 3 is 2.94 bits per heavy atom. The summed E-state index contributed by atoms with van der Waals surface area (Å²) in [5, 5.41) is 3.22. The standard InChI is InChI=1S/C22H22N4O4S2/c1-2-29-11-6-9-23-19-16(20(27)25-10-4-3-8-18(25)24-19)13-17-21(28)26(22(31)32-17)14-15-7-5-12-30-15/h3-5,7-8,10,12-13,23H,2,6,9,11,14H2,1H3/b17-13+. The quantitative estimate of drug-likeness (QED) is 0.289. The van der Waals surface area contributed by atoms with E-state index in [0.717, 1.165) is 18.2 Å². The number of furan rings is 1. The summed E-state index contributed by atoms with van der Waals surface area (Å²) in [6.07, 6.45) is 5.53. The molecule has 0 spiro atoms. The molecule has 1 fully saturated rings. The van der Waals surface area contributed by atoms with E-state index in [1.165, 1.54) is 9.30 Å². The summed E-state index contributed by atoms with van der Waals surface area (Å²) in [5.41, 5.74) is 0.565. The fourth-order valence-corrected chi connectivity index (χ4v) is 4.46. The van der Waals surface area contributed by atoms with Gasteiger partial charge >= 0.3 is 0 Å². The first-order valence-corrected chi connectivity index (χ1v) is 11.4. The molecule has 10 heteroatoms. The third-order valence-corrected chi connectivity index (χ3v) is 6.15. The van der Waals surface area contributed by atoms with Crippen LogP contribution < -0.4 is 10.9 Å². The molecule has 1 amide bonds. The van der Waals surface area contributed by atoms with Crippen LogP contribution in [0.2, 0.25) is 0 Å². The molecular formula is C22H22N4O4S2. The van der Waals surface area contributed by atoms with E-state index in [2.05, 4.69) is 10.3 Å². The Labute approximate surface area is 194 Å². The number of pyridine rings is 1. The number of hydrogen-bond donors (Lipinski definition) is 1.